The van der Waals surface area contributed by atoms with Gasteiger partial charge >= 0.3 is 6.09 Å². The van der Waals surface area contributed by atoms with Crippen molar-refractivity contribution >= 4 is 14.2 Å². The lowest BCUT2D eigenvalue weighted by Crippen LogP contribution is -2.25. The highest BCUT2D eigenvalue weighted by Gasteiger charge is 2.22. The molecule has 0 aliphatic heterocycles. The second-order valence-electron chi connectivity index (χ2n) is 6.34. The highest BCUT2D eigenvalue weighted by atomic mass is 28.3. The molecule has 0 spiro atoms. The van der Waals surface area contributed by atoms with Crippen molar-refractivity contribution in [1.29, 1.82) is 0 Å². The van der Waals surface area contributed by atoms with Crippen LogP contribution in [0.15, 0.2) is 18.2 Å². The molecular weight excluding hydrogens is 266 g/mol. The molecule has 1 aromatic carbocycles. The van der Waals surface area contributed by atoms with Crippen LogP contribution in [-0.2, 0) is 6.42 Å². The van der Waals surface area contributed by atoms with E-state index in [0.717, 1.165) is 18.4 Å². The van der Waals surface area contributed by atoms with E-state index in [2.05, 4.69) is 54.6 Å². The summed E-state index contributed by atoms with van der Waals surface area (Å²) in [5, 5.41) is 11.2. The van der Waals surface area contributed by atoms with Crippen molar-refractivity contribution < 1.29 is 9.90 Å². The first-order chi connectivity index (χ1) is 9.35. The van der Waals surface area contributed by atoms with Crippen molar-refractivity contribution in [3.63, 3.8) is 0 Å². The largest absolute Gasteiger partial charge is 0.465 e. The Morgan fingerprint density at radius 2 is 2.20 bits per heavy atom. The number of aryl methyl sites for hydroxylation is 1. The van der Waals surface area contributed by atoms with Gasteiger partial charge in [-0.3, -0.25) is 0 Å². The van der Waals surface area contributed by atoms with Gasteiger partial charge in [-0.15, -0.1) is 5.54 Å². The summed E-state index contributed by atoms with van der Waals surface area (Å²) in [6.45, 7) is 7.18. The number of carboxylic acid groups (broad SMARTS) is 1. The molecule has 0 fully saturated rings. The first-order valence-corrected chi connectivity index (χ1v) is 10.5. The van der Waals surface area contributed by atoms with E-state index in [1.54, 1.807) is 0 Å². The molecule has 3 nitrogen and oxygen atoms in total. The molecule has 1 atom stereocenters. The van der Waals surface area contributed by atoms with Gasteiger partial charge in [0.1, 0.15) is 8.07 Å². The first kappa shape index (κ1) is 14.7. The van der Waals surface area contributed by atoms with Gasteiger partial charge in [0.15, 0.2) is 0 Å². The molecule has 0 aromatic heterocycles. The predicted molar refractivity (Wildman–Crippen MR) is 83.8 cm³/mol. The molecule has 0 bridgehead atoms. The lowest BCUT2D eigenvalue weighted by atomic mass is 9.99. The zero-order valence-corrected chi connectivity index (χ0v) is 13.3. The maximum absolute atomic E-state index is 10.6. The Balaban J connectivity index is 2.19. The number of carbonyl (C=O) groups is 1. The van der Waals surface area contributed by atoms with Gasteiger partial charge in [-0.25, -0.2) is 4.79 Å². The lowest BCUT2D eigenvalue weighted by Gasteiger charge is -2.11. The normalized spacial score (nSPS) is 17.1. The van der Waals surface area contributed by atoms with Gasteiger partial charge in [0.05, 0.1) is 0 Å². The van der Waals surface area contributed by atoms with Crippen LogP contribution in [0.1, 0.15) is 29.0 Å². The Bertz CT molecular complexity index is 578. The van der Waals surface area contributed by atoms with E-state index in [0.29, 0.717) is 6.54 Å². The van der Waals surface area contributed by atoms with E-state index in [-0.39, 0.29) is 5.92 Å². The number of fused-ring (bicyclic) bond motifs is 1. The molecule has 1 aromatic rings. The topological polar surface area (TPSA) is 49.3 Å². The van der Waals surface area contributed by atoms with Crippen LogP contribution in [0.5, 0.6) is 0 Å². The summed E-state index contributed by atoms with van der Waals surface area (Å²) in [5.74, 6) is 3.56. The third-order valence-electron chi connectivity index (χ3n) is 3.43. The summed E-state index contributed by atoms with van der Waals surface area (Å²) < 4.78 is 0. The average molecular weight is 287 g/mol. The van der Waals surface area contributed by atoms with E-state index < -0.39 is 14.2 Å². The molecule has 2 rings (SSSR count). The maximum Gasteiger partial charge on any atom is 0.404 e. The summed E-state index contributed by atoms with van der Waals surface area (Å²) in [6, 6.07) is 6.37. The van der Waals surface area contributed by atoms with Crippen LogP contribution in [0.3, 0.4) is 0 Å². The number of amides is 1. The smallest absolute Gasteiger partial charge is 0.404 e. The van der Waals surface area contributed by atoms with Crippen molar-refractivity contribution in [3.8, 4) is 11.5 Å². The van der Waals surface area contributed by atoms with E-state index in [1.807, 2.05) is 0 Å². The number of hydrogen-bond acceptors (Lipinski definition) is 1. The van der Waals surface area contributed by atoms with Crippen LogP contribution in [0.2, 0.25) is 19.6 Å². The van der Waals surface area contributed by atoms with Gasteiger partial charge in [0.25, 0.3) is 0 Å². The van der Waals surface area contributed by atoms with Crippen LogP contribution in [0, 0.1) is 11.5 Å². The minimum Gasteiger partial charge on any atom is -0.465 e. The fourth-order valence-electron chi connectivity index (χ4n) is 2.45. The average Bonchev–Trinajstić information content (AvgIpc) is 2.75. The van der Waals surface area contributed by atoms with Gasteiger partial charge < -0.3 is 10.4 Å². The minimum atomic E-state index is -1.36. The standard InChI is InChI=1S/C16H21NO2Si/c1-20(2,3)9-8-12-4-5-13-6-7-14(15(13)10-12)11-17-16(18)19/h4-5,10,14,17H,6-7,11H2,1-3H3,(H,18,19). The monoisotopic (exact) mass is 287 g/mol. The van der Waals surface area contributed by atoms with Crippen LogP contribution < -0.4 is 5.32 Å². The van der Waals surface area contributed by atoms with Crippen molar-refractivity contribution in [3.05, 3.63) is 34.9 Å². The summed E-state index contributed by atoms with van der Waals surface area (Å²) in [4.78, 5) is 10.6. The van der Waals surface area contributed by atoms with Gasteiger partial charge in [-0.05, 0) is 36.1 Å². The van der Waals surface area contributed by atoms with Gasteiger partial charge in [0.2, 0.25) is 0 Å². The van der Waals surface area contributed by atoms with Crippen LogP contribution in [0.25, 0.3) is 0 Å². The second-order valence-corrected chi connectivity index (χ2v) is 11.1. The molecule has 1 amide bonds. The highest BCUT2D eigenvalue weighted by molar-refractivity contribution is 6.83. The molecule has 4 heteroatoms. The highest BCUT2D eigenvalue weighted by Crippen LogP contribution is 2.33. The third kappa shape index (κ3) is 3.88. The Morgan fingerprint density at radius 3 is 2.85 bits per heavy atom. The number of hydrogen-bond donors (Lipinski definition) is 2. The summed E-state index contributed by atoms with van der Waals surface area (Å²) in [5.41, 5.74) is 7.02. The number of rotatable bonds is 2. The Hall–Kier alpha value is -1.73. The SMILES string of the molecule is C[Si](C)(C)C#Cc1ccc2c(c1)C(CNC(=O)O)CC2. The zero-order valence-electron chi connectivity index (χ0n) is 12.3. The fraction of sp³-hybridized carbons (Fsp3) is 0.438. The zero-order chi connectivity index (χ0) is 14.8. The molecule has 20 heavy (non-hydrogen) atoms. The molecule has 0 saturated carbocycles. The van der Waals surface area contributed by atoms with Crippen LogP contribution >= 0.6 is 0 Å². The predicted octanol–water partition coefficient (Wildman–Crippen LogP) is 3.21. The fourth-order valence-corrected chi connectivity index (χ4v) is 2.97. The Kier molecular flexibility index (Phi) is 4.19. The van der Waals surface area contributed by atoms with E-state index in [9.17, 15) is 4.79 Å². The molecule has 0 saturated heterocycles. The van der Waals surface area contributed by atoms with Gasteiger partial charge in [-0.1, -0.05) is 31.6 Å². The molecule has 0 radical (unpaired) electrons. The number of nitrogens with one attached hydrogen (secondary N) is 1. The summed E-state index contributed by atoms with van der Waals surface area (Å²) in [6.07, 6.45) is 1.09. The van der Waals surface area contributed by atoms with Crippen LogP contribution in [0.4, 0.5) is 4.79 Å². The molecule has 1 unspecified atom stereocenters. The van der Waals surface area contributed by atoms with E-state index in [4.69, 9.17) is 5.11 Å². The Labute approximate surface area is 121 Å². The van der Waals surface area contributed by atoms with Crippen molar-refractivity contribution in [1.82, 2.24) is 5.32 Å². The van der Waals surface area contributed by atoms with Gasteiger partial charge in [-0.2, -0.15) is 0 Å². The van der Waals surface area contributed by atoms with E-state index >= 15 is 0 Å². The molecule has 1 aliphatic carbocycles. The summed E-state index contributed by atoms with van der Waals surface area (Å²) >= 11 is 0. The first-order valence-electron chi connectivity index (χ1n) is 6.98. The second kappa shape index (κ2) is 5.72. The molecule has 0 heterocycles. The van der Waals surface area contributed by atoms with E-state index in [1.165, 1.54) is 11.1 Å². The number of benzene rings is 1. The van der Waals surface area contributed by atoms with Crippen molar-refractivity contribution in [2.75, 3.05) is 6.54 Å². The minimum absolute atomic E-state index is 0.287. The maximum atomic E-state index is 10.6. The molecule has 1 aliphatic rings. The molecule has 2 N–H and O–H groups in total. The molecular formula is C16H21NO2Si. The summed E-state index contributed by atoms with van der Waals surface area (Å²) in [7, 11) is -1.36. The lowest BCUT2D eigenvalue weighted by molar-refractivity contribution is 0.193. The quantitative estimate of drug-likeness (QED) is 0.648. The van der Waals surface area contributed by atoms with Crippen LogP contribution in [-0.4, -0.2) is 25.8 Å². The van der Waals surface area contributed by atoms with Gasteiger partial charge in [0, 0.05) is 18.0 Å². The Morgan fingerprint density at radius 1 is 1.45 bits per heavy atom. The van der Waals surface area contributed by atoms with Crippen molar-refractivity contribution in [2.24, 2.45) is 0 Å². The van der Waals surface area contributed by atoms with Crippen molar-refractivity contribution in [2.45, 2.75) is 38.4 Å². The third-order valence-corrected chi connectivity index (χ3v) is 4.30. The molecule has 106 valence electrons.